The molecule has 4 heterocycles. The second kappa shape index (κ2) is 11.7. The van der Waals surface area contributed by atoms with E-state index in [0.717, 1.165) is 34.1 Å². The van der Waals surface area contributed by atoms with Gasteiger partial charge >= 0.3 is 6.18 Å². The van der Waals surface area contributed by atoms with Crippen LogP contribution in [0.3, 0.4) is 0 Å². The Kier molecular flexibility index (Phi) is 7.98. The number of alkyl halides is 3. The van der Waals surface area contributed by atoms with Crippen LogP contribution in [0.2, 0.25) is 0 Å². The Morgan fingerprint density at radius 3 is 2.46 bits per heavy atom. The van der Waals surface area contributed by atoms with E-state index in [-0.39, 0.29) is 23.2 Å². The zero-order valence-corrected chi connectivity index (χ0v) is 26.2. The summed E-state index contributed by atoms with van der Waals surface area (Å²) in [6.07, 6.45) is 5.90. The van der Waals surface area contributed by atoms with Crippen LogP contribution >= 0.6 is 0 Å². The van der Waals surface area contributed by atoms with Gasteiger partial charge in [-0.15, -0.1) is 0 Å². The van der Waals surface area contributed by atoms with Crippen LogP contribution in [0.4, 0.5) is 30.5 Å². The molecular weight excluding hydrogens is 625 g/mol. The average Bonchev–Trinajstić information content (AvgIpc) is 3.62. The highest BCUT2D eigenvalue weighted by Gasteiger charge is 2.42. The molecular formula is C29H33F3N10O3S. The van der Waals surface area contributed by atoms with E-state index in [9.17, 15) is 26.4 Å². The molecule has 17 heteroatoms. The Labute approximate surface area is 263 Å². The number of pyridine rings is 1. The van der Waals surface area contributed by atoms with Crippen LogP contribution in [0.15, 0.2) is 43.0 Å². The number of carbonyl (C=O) groups excluding carboxylic acids is 1. The second-order valence-electron chi connectivity index (χ2n) is 11.9. The van der Waals surface area contributed by atoms with Gasteiger partial charge in [0.15, 0.2) is 5.82 Å². The second-order valence-corrected chi connectivity index (χ2v) is 13.9. The molecule has 2 N–H and O–H groups in total. The number of hydrogen-bond acceptors (Lipinski definition) is 10. The normalized spacial score (nSPS) is 16.7. The van der Waals surface area contributed by atoms with E-state index in [1.54, 1.807) is 26.2 Å². The fourth-order valence-corrected chi connectivity index (χ4v) is 7.18. The molecule has 13 nitrogen and oxygen atoms in total. The molecule has 0 aromatic carbocycles. The Balaban J connectivity index is 1.35. The topological polar surface area (TPSA) is 153 Å². The fourth-order valence-electron chi connectivity index (χ4n) is 5.71. The minimum atomic E-state index is -4.61. The molecule has 0 bridgehead atoms. The van der Waals surface area contributed by atoms with Gasteiger partial charge < -0.3 is 15.5 Å². The molecule has 4 aromatic rings. The van der Waals surface area contributed by atoms with Crippen molar-refractivity contribution < 1.29 is 26.4 Å². The molecule has 0 unspecified atom stereocenters. The number of hydrogen-bond donors (Lipinski definition) is 2. The number of amides is 1. The van der Waals surface area contributed by atoms with Gasteiger partial charge in [-0.05, 0) is 37.8 Å². The van der Waals surface area contributed by atoms with Crippen molar-refractivity contribution in [3.63, 3.8) is 0 Å². The lowest BCUT2D eigenvalue weighted by Gasteiger charge is -2.39. The van der Waals surface area contributed by atoms with E-state index in [1.165, 1.54) is 36.7 Å². The number of likely N-dealkylation sites (N-methyl/N-ethyl adjacent to an activating group) is 1. The summed E-state index contributed by atoms with van der Waals surface area (Å²) < 4.78 is 67.9. The predicted octanol–water partition coefficient (Wildman–Crippen LogP) is 4.44. The first-order chi connectivity index (χ1) is 21.8. The summed E-state index contributed by atoms with van der Waals surface area (Å²) in [5, 5.41) is 14.2. The summed E-state index contributed by atoms with van der Waals surface area (Å²) in [5.41, 5.74) is -0.783. The van der Waals surface area contributed by atoms with E-state index >= 15 is 0 Å². The lowest BCUT2D eigenvalue weighted by molar-refractivity contribution is -0.143. The number of aryl methyl sites for hydroxylation is 1. The maximum atomic E-state index is 13.7. The van der Waals surface area contributed by atoms with Gasteiger partial charge in [0.25, 0.3) is 10.0 Å². The molecule has 244 valence electrons. The molecule has 0 radical (unpaired) electrons. The molecule has 6 rings (SSSR count). The number of rotatable bonds is 9. The largest absolute Gasteiger partial charge is 0.433 e. The van der Waals surface area contributed by atoms with Gasteiger partial charge in [0, 0.05) is 50.9 Å². The van der Waals surface area contributed by atoms with Crippen LogP contribution in [0.1, 0.15) is 50.6 Å². The molecule has 2 saturated carbocycles. The van der Waals surface area contributed by atoms with E-state index in [0.29, 0.717) is 48.3 Å². The molecule has 2 fully saturated rings. The maximum absolute atomic E-state index is 13.7. The lowest BCUT2D eigenvalue weighted by Crippen LogP contribution is -2.53. The molecule has 2 aliphatic carbocycles. The average molecular weight is 659 g/mol. The Bertz CT molecular complexity index is 1880. The van der Waals surface area contributed by atoms with E-state index in [2.05, 4.69) is 35.8 Å². The minimum absolute atomic E-state index is 0.0436. The van der Waals surface area contributed by atoms with Gasteiger partial charge in [-0.2, -0.15) is 27.5 Å². The molecule has 0 aliphatic heterocycles. The first kappa shape index (κ1) is 31.4. The molecule has 0 saturated heterocycles. The van der Waals surface area contributed by atoms with Crippen molar-refractivity contribution in [1.82, 2.24) is 38.8 Å². The van der Waals surface area contributed by atoms with Gasteiger partial charge in [0.1, 0.15) is 22.9 Å². The monoisotopic (exact) mass is 658 g/mol. The van der Waals surface area contributed by atoms with Crippen LogP contribution in [0.25, 0.3) is 22.6 Å². The fraction of sp³-hybridized carbons (Fsp3) is 0.448. The molecule has 0 spiro atoms. The van der Waals surface area contributed by atoms with Crippen molar-refractivity contribution in [2.45, 2.75) is 61.9 Å². The van der Waals surface area contributed by atoms with E-state index < -0.39 is 32.7 Å². The van der Waals surface area contributed by atoms with Crippen LogP contribution in [0.5, 0.6) is 0 Å². The standard InChI is InChI=1S/C29H33F3N10O3S/c1-40(2)27(43)28(10-5-4-6-11-28)38-21-14-25(34-16-20(21)22-13-23(29(30,31)32)41(3)39-22)36-24-9-12-33-26(37-24)18-15-35-42(17-18)46(44,45)19-7-8-19/h9,12-17,19H,4-8,10-11H2,1-3H3,(H2,33,34,36,37,38). The SMILES string of the molecule is CN(C)C(=O)C1(Nc2cc(Nc3ccnc(-c4cnn(S(=O)(=O)C5CC5)c4)n3)ncc2-c2cc(C(F)(F)F)n(C)n2)CCCCC1. The van der Waals surface area contributed by atoms with Gasteiger partial charge in [0.05, 0.1) is 28.9 Å². The third-order valence-electron chi connectivity index (χ3n) is 8.18. The smallest absolute Gasteiger partial charge is 0.371 e. The minimum Gasteiger partial charge on any atom is -0.371 e. The molecule has 2 aliphatic rings. The van der Waals surface area contributed by atoms with Crippen LogP contribution in [-0.2, 0) is 28.0 Å². The Morgan fingerprint density at radius 1 is 1.07 bits per heavy atom. The quantitative estimate of drug-likeness (QED) is 0.264. The first-order valence-electron chi connectivity index (χ1n) is 14.8. The zero-order valence-electron chi connectivity index (χ0n) is 25.4. The van der Waals surface area contributed by atoms with Gasteiger partial charge in [-0.25, -0.2) is 23.4 Å². The first-order valence-corrected chi connectivity index (χ1v) is 16.3. The summed E-state index contributed by atoms with van der Waals surface area (Å²) in [7, 11) is 1.01. The number of nitrogens with zero attached hydrogens (tertiary/aromatic N) is 8. The number of halogens is 3. The number of aromatic nitrogens is 7. The van der Waals surface area contributed by atoms with E-state index in [4.69, 9.17) is 0 Å². The van der Waals surface area contributed by atoms with Crippen molar-refractivity contribution in [3.8, 4) is 22.6 Å². The summed E-state index contributed by atoms with van der Waals surface area (Å²) in [4.78, 5) is 28.2. The zero-order chi connectivity index (χ0) is 32.9. The summed E-state index contributed by atoms with van der Waals surface area (Å²) in [5.74, 6) is 0.704. The van der Waals surface area contributed by atoms with Gasteiger partial charge in [-0.3, -0.25) is 9.48 Å². The van der Waals surface area contributed by atoms with Crippen LogP contribution in [-0.4, -0.2) is 78.0 Å². The van der Waals surface area contributed by atoms with Crippen LogP contribution < -0.4 is 10.6 Å². The van der Waals surface area contributed by atoms with Crippen molar-refractivity contribution in [2.24, 2.45) is 7.05 Å². The van der Waals surface area contributed by atoms with Crippen LogP contribution in [0, 0.1) is 0 Å². The van der Waals surface area contributed by atoms with Crippen molar-refractivity contribution in [1.29, 1.82) is 0 Å². The number of nitrogens with one attached hydrogen (secondary N) is 2. The molecule has 4 aromatic heterocycles. The van der Waals surface area contributed by atoms with Crippen molar-refractivity contribution in [3.05, 3.63) is 48.7 Å². The van der Waals surface area contributed by atoms with Gasteiger partial charge in [-0.1, -0.05) is 19.3 Å². The highest BCUT2D eigenvalue weighted by Crippen LogP contribution is 2.39. The number of anilines is 3. The molecule has 46 heavy (non-hydrogen) atoms. The highest BCUT2D eigenvalue weighted by atomic mass is 32.2. The van der Waals surface area contributed by atoms with Crippen molar-refractivity contribution >= 4 is 33.3 Å². The Hall–Kier alpha value is -4.54. The summed E-state index contributed by atoms with van der Waals surface area (Å²) in [6, 6.07) is 4.15. The summed E-state index contributed by atoms with van der Waals surface area (Å²) >= 11 is 0. The lowest BCUT2D eigenvalue weighted by atomic mass is 9.80. The third-order valence-corrected chi connectivity index (χ3v) is 10.2. The van der Waals surface area contributed by atoms with Crippen molar-refractivity contribution in [2.75, 3.05) is 24.7 Å². The predicted molar refractivity (Wildman–Crippen MR) is 163 cm³/mol. The Morgan fingerprint density at radius 2 is 1.80 bits per heavy atom. The summed E-state index contributed by atoms with van der Waals surface area (Å²) in [6.45, 7) is 0. The van der Waals surface area contributed by atoms with E-state index in [1.807, 2.05) is 0 Å². The molecule has 0 atom stereocenters. The number of carbonyl (C=O) groups is 1. The molecule has 1 amide bonds. The van der Waals surface area contributed by atoms with Gasteiger partial charge in [0.2, 0.25) is 5.91 Å². The highest BCUT2D eigenvalue weighted by molar-refractivity contribution is 7.90. The third kappa shape index (κ3) is 6.15. The maximum Gasteiger partial charge on any atom is 0.433 e.